The molecule has 0 N–H and O–H groups in total. The molecule has 1 amide bonds. The van der Waals surface area contributed by atoms with Crippen LogP contribution in [-0.2, 0) is 14.3 Å². The highest BCUT2D eigenvalue weighted by molar-refractivity contribution is 8.00. The van der Waals surface area contributed by atoms with Gasteiger partial charge in [-0.25, -0.2) is 0 Å². The SMILES string of the molecule is O=C(CCN1C(=O)CSc2ccccc21)OCC(=O)c1ccc(Cl)cc1. The summed E-state index contributed by atoms with van der Waals surface area (Å²) in [7, 11) is 0. The molecule has 1 aliphatic heterocycles. The van der Waals surface area contributed by atoms with E-state index < -0.39 is 5.97 Å². The predicted molar refractivity (Wildman–Crippen MR) is 101 cm³/mol. The molecular formula is C19H16ClNO4S. The minimum atomic E-state index is -0.518. The first kappa shape index (κ1) is 18.5. The first-order valence-electron chi connectivity index (χ1n) is 8.01. The van der Waals surface area contributed by atoms with Crippen LogP contribution in [0, 0.1) is 0 Å². The zero-order valence-corrected chi connectivity index (χ0v) is 15.4. The highest BCUT2D eigenvalue weighted by atomic mass is 35.5. The molecule has 0 radical (unpaired) electrons. The van der Waals surface area contributed by atoms with Gasteiger partial charge in [-0.15, -0.1) is 11.8 Å². The van der Waals surface area contributed by atoms with Crippen molar-refractivity contribution in [2.24, 2.45) is 0 Å². The van der Waals surface area contributed by atoms with Crippen molar-refractivity contribution >= 4 is 46.7 Å². The predicted octanol–water partition coefficient (Wildman–Crippen LogP) is 3.59. The number of benzene rings is 2. The molecule has 134 valence electrons. The first-order valence-corrected chi connectivity index (χ1v) is 9.37. The van der Waals surface area contributed by atoms with Crippen LogP contribution < -0.4 is 4.90 Å². The molecule has 2 aromatic rings. The van der Waals surface area contributed by atoms with Gasteiger partial charge in [0.2, 0.25) is 5.91 Å². The molecule has 0 atom stereocenters. The van der Waals surface area contributed by atoms with Crippen molar-refractivity contribution in [3.05, 3.63) is 59.1 Å². The molecule has 1 heterocycles. The number of ether oxygens (including phenoxy) is 1. The zero-order chi connectivity index (χ0) is 18.5. The van der Waals surface area contributed by atoms with E-state index in [1.807, 2.05) is 24.3 Å². The molecule has 3 rings (SSSR count). The van der Waals surface area contributed by atoms with Crippen molar-refractivity contribution in [1.82, 2.24) is 0 Å². The van der Waals surface area contributed by atoms with Crippen LogP contribution in [0.15, 0.2) is 53.4 Å². The molecule has 0 aliphatic carbocycles. The van der Waals surface area contributed by atoms with Gasteiger partial charge < -0.3 is 9.64 Å². The number of halogens is 1. The third-order valence-corrected chi connectivity index (χ3v) is 5.18. The molecule has 1 aliphatic rings. The lowest BCUT2D eigenvalue weighted by molar-refractivity contribution is -0.142. The second kappa shape index (κ2) is 8.38. The summed E-state index contributed by atoms with van der Waals surface area (Å²) in [6.45, 7) is -0.106. The number of para-hydroxylation sites is 1. The van der Waals surface area contributed by atoms with E-state index >= 15 is 0 Å². The number of hydrogen-bond donors (Lipinski definition) is 0. The largest absolute Gasteiger partial charge is 0.457 e. The van der Waals surface area contributed by atoms with Gasteiger partial charge in [-0.2, -0.15) is 0 Å². The second-order valence-electron chi connectivity index (χ2n) is 5.64. The highest BCUT2D eigenvalue weighted by Gasteiger charge is 2.25. The number of amides is 1. The summed E-state index contributed by atoms with van der Waals surface area (Å²) in [6, 6.07) is 13.9. The molecule has 26 heavy (non-hydrogen) atoms. The second-order valence-corrected chi connectivity index (χ2v) is 7.10. The Labute approximate surface area is 160 Å². The molecule has 0 aromatic heterocycles. The first-order chi connectivity index (χ1) is 12.5. The highest BCUT2D eigenvalue weighted by Crippen LogP contribution is 2.34. The van der Waals surface area contributed by atoms with Crippen molar-refractivity contribution in [2.45, 2.75) is 11.3 Å². The summed E-state index contributed by atoms with van der Waals surface area (Å²) >= 11 is 7.26. The molecule has 0 spiro atoms. The number of carbonyl (C=O) groups is 3. The number of esters is 1. The van der Waals surface area contributed by atoms with E-state index in [-0.39, 0.29) is 31.3 Å². The number of thioether (sulfide) groups is 1. The number of hydrogen-bond acceptors (Lipinski definition) is 5. The summed E-state index contributed by atoms with van der Waals surface area (Å²) in [5.41, 5.74) is 1.23. The number of anilines is 1. The summed E-state index contributed by atoms with van der Waals surface area (Å²) in [5, 5.41) is 0.531. The van der Waals surface area contributed by atoms with Crippen LogP contribution >= 0.6 is 23.4 Å². The number of nitrogens with zero attached hydrogens (tertiary/aromatic N) is 1. The van der Waals surface area contributed by atoms with Gasteiger partial charge in [-0.3, -0.25) is 14.4 Å². The Kier molecular flexibility index (Phi) is 5.96. The van der Waals surface area contributed by atoms with Gasteiger partial charge in [0.25, 0.3) is 0 Å². The molecule has 0 bridgehead atoms. The lowest BCUT2D eigenvalue weighted by atomic mass is 10.1. The van der Waals surface area contributed by atoms with E-state index in [1.165, 1.54) is 11.8 Å². The molecule has 0 unspecified atom stereocenters. The molecule has 7 heteroatoms. The Morgan fingerprint density at radius 3 is 2.62 bits per heavy atom. The van der Waals surface area contributed by atoms with Crippen molar-refractivity contribution < 1.29 is 19.1 Å². The third kappa shape index (κ3) is 4.45. The Balaban J connectivity index is 1.52. The van der Waals surface area contributed by atoms with E-state index in [1.54, 1.807) is 29.2 Å². The van der Waals surface area contributed by atoms with Crippen LogP contribution in [0.2, 0.25) is 5.02 Å². The average Bonchev–Trinajstić information content (AvgIpc) is 2.66. The number of ketones is 1. The van der Waals surface area contributed by atoms with Gasteiger partial charge in [0.1, 0.15) is 0 Å². The Morgan fingerprint density at radius 2 is 1.85 bits per heavy atom. The fraction of sp³-hybridized carbons (Fsp3) is 0.211. The van der Waals surface area contributed by atoms with Gasteiger partial charge in [-0.1, -0.05) is 23.7 Å². The summed E-state index contributed by atoms with van der Waals surface area (Å²) in [6.07, 6.45) is 0.0264. The van der Waals surface area contributed by atoms with Gasteiger partial charge >= 0.3 is 5.97 Å². The van der Waals surface area contributed by atoms with Crippen LogP contribution in [0.5, 0.6) is 0 Å². The fourth-order valence-electron chi connectivity index (χ4n) is 2.54. The normalized spacial score (nSPS) is 13.3. The maximum atomic E-state index is 12.1. The van der Waals surface area contributed by atoms with Crippen LogP contribution in [0.25, 0.3) is 0 Å². The van der Waals surface area contributed by atoms with E-state index in [0.717, 1.165) is 10.6 Å². The Morgan fingerprint density at radius 1 is 1.12 bits per heavy atom. The zero-order valence-electron chi connectivity index (χ0n) is 13.8. The fourth-order valence-corrected chi connectivity index (χ4v) is 3.60. The standard InChI is InChI=1S/C19H16ClNO4S/c20-14-7-5-13(6-8-14)16(22)11-25-19(24)9-10-21-15-3-1-2-4-17(15)26-12-18(21)23/h1-8H,9-12H2. The molecule has 0 saturated heterocycles. The van der Waals surface area contributed by atoms with Crippen LogP contribution in [0.4, 0.5) is 5.69 Å². The molecule has 5 nitrogen and oxygen atoms in total. The summed E-state index contributed by atoms with van der Waals surface area (Å²) < 4.78 is 5.04. The molecule has 0 fully saturated rings. The van der Waals surface area contributed by atoms with E-state index in [4.69, 9.17) is 16.3 Å². The topological polar surface area (TPSA) is 63.7 Å². The van der Waals surface area contributed by atoms with Crippen LogP contribution in [0.1, 0.15) is 16.8 Å². The maximum absolute atomic E-state index is 12.1. The van der Waals surface area contributed by atoms with Crippen molar-refractivity contribution in [3.8, 4) is 0 Å². The van der Waals surface area contributed by atoms with Gasteiger partial charge in [0, 0.05) is 22.0 Å². The van der Waals surface area contributed by atoms with Crippen molar-refractivity contribution in [2.75, 3.05) is 23.8 Å². The lowest BCUT2D eigenvalue weighted by Gasteiger charge is -2.28. The van der Waals surface area contributed by atoms with Gasteiger partial charge in [0.05, 0.1) is 17.9 Å². The number of rotatable bonds is 6. The van der Waals surface area contributed by atoms with Crippen molar-refractivity contribution in [1.29, 1.82) is 0 Å². The minimum Gasteiger partial charge on any atom is -0.457 e. The Hall–Kier alpha value is -2.31. The molecule has 2 aromatic carbocycles. The van der Waals surface area contributed by atoms with Crippen LogP contribution in [0.3, 0.4) is 0 Å². The lowest BCUT2D eigenvalue weighted by Crippen LogP contribution is -2.37. The van der Waals surface area contributed by atoms with E-state index in [9.17, 15) is 14.4 Å². The third-order valence-electron chi connectivity index (χ3n) is 3.88. The monoisotopic (exact) mass is 389 g/mol. The number of Topliss-reactive ketones (excluding diaryl/α,β-unsaturated/α-hetero) is 1. The quantitative estimate of drug-likeness (QED) is 0.558. The van der Waals surface area contributed by atoms with E-state index in [2.05, 4.69) is 0 Å². The average molecular weight is 390 g/mol. The van der Waals surface area contributed by atoms with E-state index in [0.29, 0.717) is 16.3 Å². The Bertz CT molecular complexity index is 838. The molecule has 0 saturated carbocycles. The van der Waals surface area contributed by atoms with Crippen molar-refractivity contribution in [3.63, 3.8) is 0 Å². The summed E-state index contributed by atoms with van der Waals surface area (Å²) in [5.74, 6) is -0.512. The number of carbonyl (C=O) groups excluding carboxylic acids is 3. The van der Waals surface area contributed by atoms with Crippen LogP contribution in [-0.4, -0.2) is 36.6 Å². The number of fused-ring (bicyclic) bond motifs is 1. The molecular weight excluding hydrogens is 374 g/mol. The van der Waals surface area contributed by atoms with Gasteiger partial charge in [0.15, 0.2) is 12.4 Å². The van der Waals surface area contributed by atoms with Gasteiger partial charge in [-0.05, 0) is 36.4 Å². The smallest absolute Gasteiger partial charge is 0.308 e. The summed E-state index contributed by atoms with van der Waals surface area (Å²) in [4.78, 5) is 38.7. The maximum Gasteiger partial charge on any atom is 0.308 e. The minimum absolute atomic E-state index is 0.0264.